The molecule has 24 heavy (non-hydrogen) atoms. The summed E-state index contributed by atoms with van der Waals surface area (Å²) in [5.41, 5.74) is 1.27. The SMILES string of the molecule is CCNC(=O)Nc1nc2nc(-n3cnc(C(=O)OC)c3)ccc2[nH]1. The summed E-state index contributed by atoms with van der Waals surface area (Å²) in [6, 6.07) is 3.15. The van der Waals surface area contributed by atoms with E-state index in [-0.39, 0.29) is 11.7 Å². The average molecular weight is 329 g/mol. The molecule has 10 nitrogen and oxygen atoms in total. The van der Waals surface area contributed by atoms with Gasteiger partial charge in [0, 0.05) is 12.7 Å². The highest BCUT2D eigenvalue weighted by Gasteiger charge is 2.12. The second-order valence-corrected chi connectivity index (χ2v) is 4.77. The van der Waals surface area contributed by atoms with Gasteiger partial charge in [-0.05, 0) is 19.1 Å². The number of nitrogens with zero attached hydrogens (tertiary/aromatic N) is 4. The highest BCUT2D eigenvalue weighted by Crippen LogP contribution is 2.15. The Bertz CT molecular complexity index is 899. The van der Waals surface area contributed by atoms with Crippen molar-refractivity contribution in [3.8, 4) is 5.82 Å². The third-order valence-corrected chi connectivity index (χ3v) is 3.14. The number of carbonyl (C=O) groups is 2. The second kappa shape index (κ2) is 6.36. The van der Waals surface area contributed by atoms with Crippen molar-refractivity contribution in [3.05, 3.63) is 30.4 Å². The molecule has 0 aliphatic rings. The highest BCUT2D eigenvalue weighted by atomic mass is 16.5. The number of nitrogens with one attached hydrogen (secondary N) is 3. The van der Waals surface area contributed by atoms with E-state index in [0.29, 0.717) is 29.5 Å². The zero-order valence-electron chi connectivity index (χ0n) is 13.0. The van der Waals surface area contributed by atoms with Crippen LogP contribution in [-0.4, -0.2) is 50.2 Å². The monoisotopic (exact) mass is 329 g/mol. The third kappa shape index (κ3) is 3.02. The van der Waals surface area contributed by atoms with Gasteiger partial charge in [0.1, 0.15) is 12.1 Å². The molecular formula is C14H15N7O3. The van der Waals surface area contributed by atoms with E-state index in [0.717, 1.165) is 0 Å². The fourth-order valence-electron chi connectivity index (χ4n) is 2.06. The van der Waals surface area contributed by atoms with E-state index in [1.165, 1.54) is 19.6 Å². The number of ether oxygens (including phenoxy) is 1. The van der Waals surface area contributed by atoms with Gasteiger partial charge in [0.25, 0.3) is 0 Å². The molecule has 3 N–H and O–H groups in total. The first kappa shape index (κ1) is 15.5. The third-order valence-electron chi connectivity index (χ3n) is 3.14. The topological polar surface area (TPSA) is 127 Å². The zero-order chi connectivity index (χ0) is 17.1. The first-order valence-corrected chi connectivity index (χ1v) is 7.15. The van der Waals surface area contributed by atoms with E-state index >= 15 is 0 Å². The lowest BCUT2D eigenvalue weighted by Crippen LogP contribution is -2.28. The molecule has 0 atom stereocenters. The fourth-order valence-corrected chi connectivity index (χ4v) is 2.06. The summed E-state index contributed by atoms with van der Waals surface area (Å²) >= 11 is 0. The molecule has 2 amide bonds. The summed E-state index contributed by atoms with van der Waals surface area (Å²) < 4.78 is 6.20. The first-order chi connectivity index (χ1) is 11.6. The van der Waals surface area contributed by atoms with Crippen molar-refractivity contribution in [2.75, 3.05) is 19.0 Å². The number of hydrogen-bond donors (Lipinski definition) is 3. The van der Waals surface area contributed by atoms with Gasteiger partial charge in [-0.2, -0.15) is 4.98 Å². The van der Waals surface area contributed by atoms with Crippen LogP contribution in [0.25, 0.3) is 17.0 Å². The summed E-state index contributed by atoms with van der Waals surface area (Å²) in [4.78, 5) is 38.5. The number of amides is 2. The number of esters is 1. The molecule has 124 valence electrons. The van der Waals surface area contributed by atoms with Gasteiger partial charge in [-0.1, -0.05) is 0 Å². The Morgan fingerprint density at radius 2 is 2.17 bits per heavy atom. The summed E-state index contributed by atoms with van der Waals surface area (Å²) in [6.45, 7) is 2.33. The molecule has 3 heterocycles. The molecule has 3 aromatic rings. The minimum atomic E-state index is -0.525. The molecule has 3 aromatic heterocycles. The van der Waals surface area contributed by atoms with Crippen molar-refractivity contribution in [2.24, 2.45) is 0 Å². The summed E-state index contributed by atoms with van der Waals surface area (Å²) in [5.74, 6) is 0.297. The van der Waals surface area contributed by atoms with E-state index in [4.69, 9.17) is 0 Å². The van der Waals surface area contributed by atoms with E-state index in [9.17, 15) is 9.59 Å². The van der Waals surface area contributed by atoms with E-state index < -0.39 is 5.97 Å². The molecule has 0 fully saturated rings. The van der Waals surface area contributed by atoms with Crippen LogP contribution in [0.1, 0.15) is 17.4 Å². The molecular weight excluding hydrogens is 314 g/mol. The number of anilines is 1. The van der Waals surface area contributed by atoms with Gasteiger partial charge in [0.15, 0.2) is 11.3 Å². The van der Waals surface area contributed by atoms with Crippen molar-refractivity contribution >= 4 is 29.1 Å². The predicted octanol–water partition coefficient (Wildman–Crippen LogP) is 1.07. The van der Waals surface area contributed by atoms with Crippen molar-refractivity contribution in [3.63, 3.8) is 0 Å². The molecule has 0 radical (unpaired) electrons. The van der Waals surface area contributed by atoms with Gasteiger partial charge in [-0.3, -0.25) is 9.88 Å². The number of hydrogen-bond acceptors (Lipinski definition) is 6. The molecule has 0 aliphatic heterocycles. The number of carbonyl (C=O) groups excluding carboxylic acids is 2. The van der Waals surface area contributed by atoms with Crippen LogP contribution >= 0.6 is 0 Å². The number of aromatic nitrogens is 5. The number of fused-ring (bicyclic) bond motifs is 1. The Morgan fingerprint density at radius 1 is 1.33 bits per heavy atom. The minimum Gasteiger partial charge on any atom is -0.464 e. The molecule has 0 saturated heterocycles. The van der Waals surface area contributed by atoms with Crippen molar-refractivity contribution in [2.45, 2.75) is 6.92 Å². The lowest BCUT2D eigenvalue weighted by molar-refractivity contribution is 0.0594. The number of rotatable bonds is 4. The van der Waals surface area contributed by atoms with Crippen molar-refractivity contribution in [1.29, 1.82) is 0 Å². The number of pyridine rings is 1. The maximum absolute atomic E-state index is 11.5. The van der Waals surface area contributed by atoms with Gasteiger partial charge >= 0.3 is 12.0 Å². The standard InChI is InChI=1S/C14H15N7O3/c1-3-15-14(23)20-13-17-8-4-5-10(18-11(8)19-13)21-6-9(16-7-21)12(22)24-2/h4-7H,3H2,1-2H3,(H3,15,17,18,19,20,23). The molecule has 10 heteroatoms. The van der Waals surface area contributed by atoms with Gasteiger partial charge in [-0.25, -0.2) is 19.6 Å². The van der Waals surface area contributed by atoms with Crippen LogP contribution in [0.4, 0.5) is 10.7 Å². The Labute approximate surface area is 136 Å². The minimum absolute atomic E-state index is 0.181. The molecule has 0 aromatic carbocycles. The summed E-state index contributed by atoms with van der Waals surface area (Å²) in [7, 11) is 1.29. The van der Waals surface area contributed by atoms with Crippen molar-refractivity contribution < 1.29 is 14.3 Å². The van der Waals surface area contributed by atoms with Crippen LogP contribution in [0.3, 0.4) is 0 Å². The van der Waals surface area contributed by atoms with Crippen LogP contribution in [0, 0.1) is 0 Å². The second-order valence-electron chi connectivity index (χ2n) is 4.77. The number of imidazole rings is 2. The van der Waals surface area contributed by atoms with Crippen LogP contribution in [0.15, 0.2) is 24.7 Å². The van der Waals surface area contributed by atoms with Crippen molar-refractivity contribution in [1.82, 2.24) is 29.8 Å². The summed E-state index contributed by atoms with van der Waals surface area (Å²) in [6.07, 6.45) is 2.97. The summed E-state index contributed by atoms with van der Waals surface area (Å²) in [5, 5.41) is 5.19. The maximum Gasteiger partial charge on any atom is 0.358 e. The largest absolute Gasteiger partial charge is 0.464 e. The number of H-pyrrole nitrogens is 1. The number of urea groups is 1. The smallest absolute Gasteiger partial charge is 0.358 e. The predicted molar refractivity (Wildman–Crippen MR) is 85.0 cm³/mol. The molecule has 0 saturated carbocycles. The number of methoxy groups -OCH3 is 1. The zero-order valence-corrected chi connectivity index (χ0v) is 13.0. The normalized spacial score (nSPS) is 10.6. The quantitative estimate of drug-likeness (QED) is 0.615. The van der Waals surface area contributed by atoms with E-state index in [1.807, 2.05) is 6.92 Å². The molecule has 0 bridgehead atoms. The van der Waals surface area contributed by atoms with E-state index in [2.05, 4.69) is 35.3 Å². The Hall–Kier alpha value is -3.43. The lowest BCUT2D eigenvalue weighted by atomic mass is 10.4. The van der Waals surface area contributed by atoms with Gasteiger partial charge in [-0.15, -0.1) is 0 Å². The number of aromatic amines is 1. The molecule has 0 unspecified atom stereocenters. The average Bonchev–Trinajstić information content (AvgIpc) is 3.19. The Kier molecular flexibility index (Phi) is 4.10. The first-order valence-electron chi connectivity index (χ1n) is 7.15. The molecule has 3 rings (SSSR count). The van der Waals surface area contributed by atoms with Crippen LogP contribution in [-0.2, 0) is 4.74 Å². The van der Waals surface area contributed by atoms with Crippen LogP contribution in [0.5, 0.6) is 0 Å². The fraction of sp³-hybridized carbons (Fsp3) is 0.214. The van der Waals surface area contributed by atoms with Gasteiger partial charge in [0.2, 0.25) is 5.95 Å². The molecule has 0 spiro atoms. The maximum atomic E-state index is 11.5. The highest BCUT2D eigenvalue weighted by molar-refractivity contribution is 5.89. The van der Waals surface area contributed by atoms with Crippen LogP contribution in [0.2, 0.25) is 0 Å². The molecule has 0 aliphatic carbocycles. The van der Waals surface area contributed by atoms with Crippen LogP contribution < -0.4 is 10.6 Å². The Balaban J connectivity index is 1.87. The Morgan fingerprint density at radius 3 is 2.92 bits per heavy atom. The van der Waals surface area contributed by atoms with Gasteiger partial charge < -0.3 is 15.0 Å². The van der Waals surface area contributed by atoms with Gasteiger partial charge in [0.05, 0.1) is 12.6 Å². The lowest BCUT2D eigenvalue weighted by Gasteiger charge is -2.00. The van der Waals surface area contributed by atoms with E-state index in [1.54, 1.807) is 16.7 Å².